The highest BCUT2D eigenvalue weighted by Crippen LogP contribution is 2.47. The molecule has 1 aromatic heterocycles. The first-order valence-electron chi connectivity index (χ1n) is 7.80. The second kappa shape index (κ2) is 5.90. The molecule has 0 radical (unpaired) electrons. The van der Waals surface area contributed by atoms with Crippen LogP contribution in [0, 0.1) is 10.1 Å². The molecule has 0 N–H and O–H groups in total. The predicted molar refractivity (Wildman–Crippen MR) is 94.0 cm³/mol. The molecule has 0 bridgehead atoms. The van der Waals surface area contributed by atoms with Gasteiger partial charge in [0.1, 0.15) is 6.04 Å². The van der Waals surface area contributed by atoms with E-state index < -0.39 is 0 Å². The molecule has 7 heteroatoms. The van der Waals surface area contributed by atoms with Crippen molar-refractivity contribution in [1.29, 1.82) is 0 Å². The maximum Gasteiger partial charge on any atom is 0.269 e. The average molecular weight is 340 g/mol. The molecule has 3 heterocycles. The summed E-state index contributed by atoms with van der Waals surface area (Å²) in [6.07, 6.45) is 1.76. The van der Waals surface area contributed by atoms with Gasteiger partial charge in [-0.3, -0.25) is 20.1 Å². The SMILES string of the molecule is C[C@@H]1CN2C(=N[C@@H](c3ccccn3)[C@H]2c2cccc([N+](=O)[O-])c2)S1. The van der Waals surface area contributed by atoms with Gasteiger partial charge in [-0.1, -0.05) is 36.9 Å². The number of nitro benzene ring substituents is 1. The summed E-state index contributed by atoms with van der Waals surface area (Å²) in [7, 11) is 0. The quantitative estimate of drug-likeness (QED) is 0.631. The van der Waals surface area contributed by atoms with Crippen molar-refractivity contribution in [2.45, 2.75) is 24.3 Å². The summed E-state index contributed by atoms with van der Waals surface area (Å²) in [6, 6.07) is 12.5. The van der Waals surface area contributed by atoms with Gasteiger partial charge in [0.15, 0.2) is 5.17 Å². The largest absolute Gasteiger partial charge is 0.341 e. The summed E-state index contributed by atoms with van der Waals surface area (Å²) in [6.45, 7) is 3.06. The minimum Gasteiger partial charge on any atom is -0.341 e. The average Bonchev–Trinajstić information content (AvgIpc) is 3.11. The van der Waals surface area contributed by atoms with Gasteiger partial charge >= 0.3 is 0 Å². The third kappa shape index (κ3) is 2.54. The monoisotopic (exact) mass is 340 g/mol. The highest BCUT2D eigenvalue weighted by Gasteiger charge is 2.43. The zero-order chi connectivity index (χ0) is 16.7. The first-order valence-corrected chi connectivity index (χ1v) is 8.68. The molecule has 2 aliphatic rings. The summed E-state index contributed by atoms with van der Waals surface area (Å²) < 4.78 is 0. The van der Waals surface area contributed by atoms with Crippen molar-refractivity contribution >= 4 is 22.6 Å². The lowest BCUT2D eigenvalue weighted by atomic mass is 9.96. The molecule has 24 heavy (non-hydrogen) atoms. The standard InChI is InChI=1S/C17H16N4O2S/c1-11-10-20-16(12-5-4-6-13(9-12)21(22)23)15(19-17(20)24-11)14-7-2-3-8-18-14/h2-9,11,15-16H,10H2,1H3/t11-,15+,16-/m1/s1. The van der Waals surface area contributed by atoms with Gasteiger partial charge in [0.2, 0.25) is 0 Å². The normalized spacial score (nSPS) is 25.5. The third-order valence-electron chi connectivity index (χ3n) is 4.30. The molecule has 0 saturated carbocycles. The van der Waals surface area contributed by atoms with E-state index in [9.17, 15) is 10.1 Å². The van der Waals surface area contributed by atoms with Crippen LogP contribution in [0.4, 0.5) is 5.69 Å². The number of nitro groups is 1. The number of rotatable bonds is 3. The van der Waals surface area contributed by atoms with Crippen LogP contribution in [0.5, 0.6) is 0 Å². The Bertz CT molecular complexity index is 811. The van der Waals surface area contributed by atoms with Crippen molar-refractivity contribution in [2.24, 2.45) is 4.99 Å². The van der Waals surface area contributed by atoms with Crippen LogP contribution in [0.15, 0.2) is 53.7 Å². The number of benzene rings is 1. The number of pyridine rings is 1. The fourth-order valence-corrected chi connectivity index (χ4v) is 4.39. The molecule has 1 saturated heterocycles. The Morgan fingerprint density at radius 3 is 2.92 bits per heavy atom. The molecule has 6 nitrogen and oxygen atoms in total. The topological polar surface area (TPSA) is 71.6 Å². The fourth-order valence-electron chi connectivity index (χ4n) is 3.30. The van der Waals surface area contributed by atoms with Crippen LogP contribution in [0.3, 0.4) is 0 Å². The molecule has 122 valence electrons. The Labute approximate surface area is 143 Å². The van der Waals surface area contributed by atoms with Crippen LogP contribution in [0.25, 0.3) is 0 Å². The molecular formula is C17H16N4O2S. The first kappa shape index (κ1) is 15.1. The molecule has 2 aliphatic heterocycles. The smallest absolute Gasteiger partial charge is 0.269 e. The van der Waals surface area contributed by atoms with Gasteiger partial charge in [-0.05, 0) is 17.7 Å². The number of hydrogen-bond acceptors (Lipinski definition) is 6. The molecule has 0 unspecified atom stereocenters. The van der Waals surface area contributed by atoms with Crippen molar-refractivity contribution < 1.29 is 4.92 Å². The Morgan fingerprint density at radius 1 is 1.29 bits per heavy atom. The van der Waals surface area contributed by atoms with E-state index in [1.165, 1.54) is 6.07 Å². The number of aromatic nitrogens is 1. The number of non-ortho nitro benzene ring substituents is 1. The molecule has 0 amide bonds. The number of hydrogen-bond donors (Lipinski definition) is 0. The fraction of sp³-hybridized carbons (Fsp3) is 0.294. The van der Waals surface area contributed by atoms with Crippen molar-refractivity contribution in [1.82, 2.24) is 9.88 Å². The second-order valence-electron chi connectivity index (χ2n) is 5.99. The lowest BCUT2D eigenvalue weighted by Gasteiger charge is -2.27. The molecule has 1 aromatic carbocycles. The van der Waals surface area contributed by atoms with Crippen LogP contribution in [-0.2, 0) is 0 Å². The molecule has 0 aliphatic carbocycles. The second-order valence-corrected chi connectivity index (χ2v) is 7.39. The van der Waals surface area contributed by atoms with Crippen molar-refractivity contribution in [3.8, 4) is 0 Å². The van der Waals surface area contributed by atoms with Crippen molar-refractivity contribution in [3.05, 3.63) is 70.0 Å². The summed E-state index contributed by atoms with van der Waals surface area (Å²) in [5.41, 5.74) is 1.91. The molecule has 1 fully saturated rings. The van der Waals surface area contributed by atoms with Crippen LogP contribution < -0.4 is 0 Å². The zero-order valence-electron chi connectivity index (χ0n) is 13.1. The van der Waals surface area contributed by atoms with Gasteiger partial charge in [0.05, 0.1) is 16.7 Å². The summed E-state index contributed by atoms with van der Waals surface area (Å²) >= 11 is 1.76. The molecule has 4 rings (SSSR count). The van der Waals surface area contributed by atoms with Gasteiger partial charge in [0, 0.05) is 30.1 Å². The minimum atomic E-state index is -0.350. The summed E-state index contributed by atoms with van der Waals surface area (Å²) in [5.74, 6) is 0. The molecule has 0 spiro atoms. The molecule has 2 aromatic rings. The maximum atomic E-state index is 11.1. The van der Waals surface area contributed by atoms with E-state index in [1.807, 2.05) is 24.3 Å². The minimum absolute atomic E-state index is 0.0488. The lowest BCUT2D eigenvalue weighted by Crippen LogP contribution is -2.28. The van der Waals surface area contributed by atoms with E-state index in [2.05, 4.69) is 16.8 Å². The lowest BCUT2D eigenvalue weighted by molar-refractivity contribution is -0.384. The van der Waals surface area contributed by atoms with E-state index >= 15 is 0 Å². The number of aliphatic imine (C=N–C) groups is 1. The Balaban J connectivity index is 1.78. The van der Waals surface area contributed by atoms with E-state index in [0.717, 1.165) is 23.0 Å². The predicted octanol–water partition coefficient (Wildman–Crippen LogP) is 3.58. The number of amidine groups is 1. The number of nitrogens with zero attached hydrogens (tertiary/aromatic N) is 4. The van der Waals surface area contributed by atoms with Gasteiger partial charge in [-0.25, -0.2) is 0 Å². The van der Waals surface area contributed by atoms with Crippen molar-refractivity contribution in [3.63, 3.8) is 0 Å². The van der Waals surface area contributed by atoms with E-state index in [-0.39, 0.29) is 22.7 Å². The number of fused-ring (bicyclic) bond motifs is 1. The van der Waals surface area contributed by atoms with Crippen LogP contribution in [0.1, 0.15) is 30.3 Å². The molecule has 3 atom stereocenters. The van der Waals surface area contributed by atoms with Crippen LogP contribution >= 0.6 is 11.8 Å². The van der Waals surface area contributed by atoms with Gasteiger partial charge in [-0.15, -0.1) is 0 Å². The highest BCUT2D eigenvalue weighted by molar-refractivity contribution is 8.14. The summed E-state index contributed by atoms with van der Waals surface area (Å²) in [5, 5.41) is 12.6. The van der Waals surface area contributed by atoms with E-state index in [1.54, 1.807) is 30.1 Å². The Morgan fingerprint density at radius 2 is 2.17 bits per heavy atom. The van der Waals surface area contributed by atoms with Crippen LogP contribution in [0.2, 0.25) is 0 Å². The van der Waals surface area contributed by atoms with Gasteiger partial charge in [-0.2, -0.15) is 0 Å². The van der Waals surface area contributed by atoms with Crippen molar-refractivity contribution in [2.75, 3.05) is 6.54 Å². The maximum absolute atomic E-state index is 11.1. The molecular weight excluding hydrogens is 324 g/mol. The Hall–Kier alpha value is -2.41. The van der Waals surface area contributed by atoms with Crippen LogP contribution in [-0.4, -0.2) is 31.8 Å². The Kier molecular flexibility index (Phi) is 3.72. The number of thioether (sulfide) groups is 1. The zero-order valence-corrected chi connectivity index (χ0v) is 13.9. The van der Waals surface area contributed by atoms with Gasteiger partial charge in [0.25, 0.3) is 5.69 Å². The van der Waals surface area contributed by atoms with E-state index in [0.29, 0.717) is 5.25 Å². The van der Waals surface area contributed by atoms with E-state index in [4.69, 9.17) is 4.99 Å². The first-order chi connectivity index (χ1) is 11.6. The highest BCUT2D eigenvalue weighted by atomic mass is 32.2. The van der Waals surface area contributed by atoms with Gasteiger partial charge < -0.3 is 4.90 Å². The summed E-state index contributed by atoms with van der Waals surface area (Å²) in [4.78, 5) is 22.4. The third-order valence-corrected chi connectivity index (χ3v) is 5.41.